The molecule has 0 fully saturated rings. The maximum absolute atomic E-state index is 13.0. The van der Waals surface area contributed by atoms with Crippen molar-refractivity contribution in [1.82, 2.24) is 15.2 Å². The highest BCUT2D eigenvalue weighted by Gasteiger charge is 2.20. The summed E-state index contributed by atoms with van der Waals surface area (Å²) in [6, 6.07) is 13.6. The van der Waals surface area contributed by atoms with Crippen LogP contribution in [0.5, 0.6) is 17.2 Å². The minimum atomic E-state index is -3.89. The predicted molar refractivity (Wildman–Crippen MR) is 123 cm³/mol. The van der Waals surface area contributed by atoms with Crippen LogP contribution in [0.2, 0.25) is 0 Å². The van der Waals surface area contributed by atoms with Crippen LogP contribution in [0.25, 0.3) is 22.2 Å². The molecule has 0 atom stereocenters. The van der Waals surface area contributed by atoms with Crippen LogP contribution in [-0.2, 0) is 10.0 Å². The average Bonchev–Trinajstić information content (AvgIpc) is 3.21. The highest BCUT2D eigenvalue weighted by molar-refractivity contribution is 7.92. The fourth-order valence-corrected chi connectivity index (χ4v) is 4.59. The molecule has 2 aromatic carbocycles. The molecule has 1 aliphatic rings. The maximum atomic E-state index is 13.0. The van der Waals surface area contributed by atoms with Crippen molar-refractivity contribution in [3.05, 3.63) is 54.7 Å². The quantitative estimate of drug-likeness (QED) is 0.441. The van der Waals surface area contributed by atoms with Gasteiger partial charge in [-0.15, -0.1) is 0 Å². The molecule has 5 rings (SSSR count). The molecule has 2 aromatic heterocycles. The van der Waals surface area contributed by atoms with E-state index in [1.54, 1.807) is 18.2 Å². The standard InChI is InChI=1S/C23H22N4O5S/c1-14(2)32-16-3-5-19-18(12-16)23(26-25-19)15-7-8-24-22(11-15)27-33(28,29)17-4-6-20-21(13-17)31-10-9-30-20/h3-8,11-14H,9-10H2,1-2H3,(H,24,27)(H,25,26). The minimum absolute atomic E-state index is 0.0419. The van der Waals surface area contributed by atoms with E-state index < -0.39 is 10.0 Å². The number of ether oxygens (including phenoxy) is 3. The second kappa shape index (κ2) is 8.28. The van der Waals surface area contributed by atoms with Gasteiger partial charge in [0.25, 0.3) is 10.0 Å². The summed E-state index contributed by atoms with van der Waals surface area (Å²) in [6.45, 7) is 4.73. The number of aromatic amines is 1. The van der Waals surface area contributed by atoms with Gasteiger partial charge in [-0.3, -0.25) is 9.82 Å². The summed E-state index contributed by atoms with van der Waals surface area (Å²) in [7, 11) is -3.89. The molecule has 10 heteroatoms. The van der Waals surface area contributed by atoms with E-state index in [0.29, 0.717) is 36.0 Å². The zero-order chi connectivity index (χ0) is 23.0. The minimum Gasteiger partial charge on any atom is -0.491 e. The Kier molecular flexibility index (Phi) is 5.29. The van der Waals surface area contributed by atoms with Gasteiger partial charge in [0.1, 0.15) is 30.5 Å². The smallest absolute Gasteiger partial charge is 0.263 e. The van der Waals surface area contributed by atoms with Crippen LogP contribution in [-0.4, -0.2) is 42.9 Å². The number of nitrogens with one attached hydrogen (secondary N) is 2. The molecule has 0 bridgehead atoms. The van der Waals surface area contributed by atoms with Crippen LogP contribution in [0.1, 0.15) is 13.8 Å². The monoisotopic (exact) mass is 466 g/mol. The number of nitrogens with zero attached hydrogens (tertiary/aromatic N) is 2. The number of aromatic nitrogens is 3. The van der Waals surface area contributed by atoms with E-state index in [0.717, 1.165) is 16.7 Å². The number of rotatable bonds is 6. The Morgan fingerprint density at radius 3 is 2.67 bits per heavy atom. The van der Waals surface area contributed by atoms with Crippen molar-refractivity contribution in [2.24, 2.45) is 0 Å². The van der Waals surface area contributed by atoms with E-state index >= 15 is 0 Å². The largest absolute Gasteiger partial charge is 0.491 e. The normalized spacial score (nSPS) is 13.3. The molecule has 0 radical (unpaired) electrons. The summed E-state index contributed by atoms with van der Waals surface area (Å²) < 4.78 is 45.2. The lowest BCUT2D eigenvalue weighted by atomic mass is 10.1. The van der Waals surface area contributed by atoms with Gasteiger partial charge in [-0.1, -0.05) is 0 Å². The van der Waals surface area contributed by atoms with Gasteiger partial charge in [-0.25, -0.2) is 13.4 Å². The number of pyridine rings is 1. The molecule has 0 spiro atoms. The third-order valence-electron chi connectivity index (χ3n) is 5.00. The van der Waals surface area contributed by atoms with Gasteiger partial charge in [0.2, 0.25) is 0 Å². The number of hydrogen-bond acceptors (Lipinski definition) is 7. The molecule has 0 saturated heterocycles. The van der Waals surface area contributed by atoms with Crippen LogP contribution in [0.4, 0.5) is 5.82 Å². The number of fused-ring (bicyclic) bond motifs is 2. The highest BCUT2D eigenvalue weighted by atomic mass is 32.2. The molecule has 170 valence electrons. The van der Waals surface area contributed by atoms with Gasteiger partial charge in [0.05, 0.1) is 16.5 Å². The molecule has 0 unspecified atom stereocenters. The molecule has 3 heterocycles. The molecule has 2 N–H and O–H groups in total. The molecule has 0 amide bonds. The Hall–Kier alpha value is -3.79. The molecule has 1 aliphatic heterocycles. The van der Waals surface area contributed by atoms with Crippen molar-refractivity contribution in [3.63, 3.8) is 0 Å². The molecule has 0 saturated carbocycles. The van der Waals surface area contributed by atoms with Crippen LogP contribution in [0.15, 0.2) is 59.6 Å². The Morgan fingerprint density at radius 1 is 1.03 bits per heavy atom. The molecule has 9 nitrogen and oxygen atoms in total. The van der Waals surface area contributed by atoms with Gasteiger partial charge in [-0.05, 0) is 56.3 Å². The van der Waals surface area contributed by atoms with E-state index in [1.807, 2.05) is 32.0 Å². The molecule has 33 heavy (non-hydrogen) atoms. The predicted octanol–water partition coefficient (Wildman–Crippen LogP) is 3.98. The van der Waals surface area contributed by atoms with Crippen molar-refractivity contribution >= 4 is 26.7 Å². The zero-order valence-electron chi connectivity index (χ0n) is 18.0. The van der Waals surface area contributed by atoms with E-state index in [1.165, 1.54) is 18.3 Å². The van der Waals surface area contributed by atoms with Crippen LogP contribution < -0.4 is 18.9 Å². The van der Waals surface area contributed by atoms with E-state index in [-0.39, 0.29) is 16.8 Å². The van der Waals surface area contributed by atoms with E-state index in [9.17, 15) is 8.42 Å². The second-order valence-electron chi connectivity index (χ2n) is 7.79. The maximum Gasteiger partial charge on any atom is 0.263 e. The first-order valence-corrected chi connectivity index (χ1v) is 11.9. The number of benzene rings is 2. The second-order valence-corrected chi connectivity index (χ2v) is 9.47. The first-order chi connectivity index (χ1) is 15.9. The average molecular weight is 467 g/mol. The fraction of sp³-hybridized carbons (Fsp3) is 0.217. The lowest BCUT2D eigenvalue weighted by molar-refractivity contribution is 0.171. The molecular weight excluding hydrogens is 444 g/mol. The topological polar surface area (TPSA) is 115 Å². The van der Waals surface area contributed by atoms with Gasteiger partial charge in [-0.2, -0.15) is 5.10 Å². The van der Waals surface area contributed by atoms with Crippen molar-refractivity contribution in [2.45, 2.75) is 24.8 Å². The summed E-state index contributed by atoms with van der Waals surface area (Å²) >= 11 is 0. The van der Waals surface area contributed by atoms with E-state index in [4.69, 9.17) is 14.2 Å². The third kappa shape index (κ3) is 4.29. The third-order valence-corrected chi connectivity index (χ3v) is 6.35. The first kappa shape index (κ1) is 21.1. The lowest BCUT2D eigenvalue weighted by Gasteiger charge is -2.19. The summed E-state index contributed by atoms with van der Waals surface area (Å²) in [5.41, 5.74) is 2.22. The highest BCUT2D eigenvalue weighted by Crippen LogP contribution is 2.33. The van der Waals surface area contributed by atoms with Crippen molar-refractivity contribution in [1.29, 1.82) is 0 Å². The number of anilines is 1. The zero-order valence-corrected chi connectivity index (χ0v) is 18.8. The van der Waals surface area contributed by atoms with Crippen LogP contribution >= 0.6 is 0 Å². The number of sulfonamides is 1. The summed E-state index contributed by atoms with van der Waals surface area (Å²) in [6.07, 6.45) is 1.58. The molecule has 4 aromatic rings. The summed E-state index contributed by atoms with van der Waals surface area (Å²) in [5, 5.41) is 8.27. The number of hydrogen-bond donors (Lipinski definition) is 2. The van der Waals surface area contributed by atoms with Gasteiger partial charge >= 0.3 is 0 Å². The Labute approximate surface area is 190 Å². The molecule has 0 aliphatic carbocycles. The van der Waals surface area contributed by atoms with Crippen molar-refractivity contribution in [2.75, 3.05) is 17.9 Å². The Morgan fingerprint density at radius 2 is 1.85 bits per heavy atom. The van der Waals surface area contributed by atoms with Crippen molar-refractivity contribution < 1.29 is 22.6 Å². The van der Waals surface area contributed by atoms with Gasteiger partial charge < -0.3 is 14.2 Å². The molecular formula is C23H22N4O5S. The summed E-state index contributed by atoms with van der Waals surface area (Å²) in [5.74, 6) is 1.82. The van der Waals surface area contributed by atoms with Crippen LogP contribution in [0.3, 0.4) is 0 Å². The van der Waals surface area contributed by atoms with Crippen LogP contribution in [0, 0.1) is 0 Å². The fourth-order valence-electron chi connectivity index (χ4n) is 3.58. The SMILES string of the molecule is CC(C)Oc1ccc2[nH]nc(-c3ccnc(NS(=O)(=O)c4ccc5c(c4)OCCO5)c3)c2c1. The van der Waals surface area contributed by atoms with Gasteiger partial charge in [0.15, 0.2) is 11.5 Å². The summed E-state index contributed by atoms with van der Waals surface area (Å²) in [4.78, 5) is 4.23. The first-order valence-electron chi connectivity index (χ1n) is 10.4. The lowest BCUT2D eigenvalue weighted by Crippen LogP contribution is -2.17. The Bertz CT molecular complexity index is 1430. The van der Waals surface area contributed by atoms with E-state index in [2.05, 4.69) is 19.9 Å². The number of H-pyrrole nitrogens is 1. The van der Waals surface area contributed by atoms with Crippen molar-refractivity contribution in [3.8, 4) is 28.5 Å². The van der Waals surface area contributed by atoms with Gasteiger partial charge in [0, 0.05) is 23.2 Å². The Balaban J connectivity index is 1.45.